The molecule has 56 heavy (non-hydrogen) atoms. The molecule has 0 bridgehead atoms. The molecule has 4 aliphatic rings. The molecule has 2 aromatic carbocycles. The van der Waals surface area contributed by atoms with Gasteiger partial charge in [-0.05, 0) is 81.3 Å². The summed E-state index contributed by atoms with van der Waals surface area (Å²) >= 11 is 12.5. The highest BCUT2D eigenvalue weighted by atomic mass is 35.5. The lowest BCUT2D eigenvalue weighted by atomic mass is 9.85. The Morgan fingerprint density at radius 2 is 1.68 bits per heavy atom. The maximum absolute atomic E-state index is 14.2. The van der Waals surface area contributed by atoms with Crippen LogP contribution in [0.15, 0.2) is 55.0 Å². The first-order valence-electron chi connectivity index (χ1n) is 18.9. The van der Waals surface area contributed by atoms with Gasteiger partial charge < -0.3 is 15.4 Å². The Bertz CT molecular complexity index is 2220. The molecule has 0 spiro atoms. The Hall–Kier alpha value is -5.05. The van der Waals surface area contributed by atoms with Gasteiger partial charge in [-0.1, -0.05) is 23.2 Å². The van der Waals surface area contributed by atoms with Crippen molar-refractivity contribution in [2.24, 2.45) is 5.92 Å². The summed E-state index contributed by atoms with van der Waals surface area (Å²) in [6.07, 6.45) is 9.28. The van der Waals surface area contributed by atoms with Crippen molar-refractivity contribution in [1.29, 1.82) is 0 Å². The Labute approximate surface area is 332 Å². The van der Waals surface area contributed by atoms with E-state index < -0.39 is 41.6 Å². The first-order valence-corrected chi connectivity index (χ1v) is 19.6. The van der Waals surface area contributed by atoms with E-state index in [9.17, 15) is 23.6 Å². The first-order chi connectivity index (χ1) is 26.9. The Balaban J connectivity index is 0.827. The van der Waals surface area contributed by atoms with Crippen molar-refractivity contribution in [3.05, 3.63) is 87.5 Å². The van der Waals surface area contributed by atoms with E-state index in [2.05, 4.69) is 20.1 Å². The molecule has 3 fully saturated rings. The highest BCUT2D eigenvalue weighted by Gasteiger charge is 2.45. The lowest BCUT2D eigenvalue weighted by Crippen LogP contribution is -2.54. The minimum Gasteiger partial charge on any atom is -0.482 e. The van der Waals surface area contributed by atoms with E-state index >= 15 is 0 Å². The Morgan fingerprint density at radius 3 is 2.43 bits per heavy atom. The van der Waals surface area contributed by atoms with Crippen LogP contribution in [0.1, 0.15) is 83.9 Å². The number of pyridine rings is 1. The fraction of sp³-hybridized carbons (Fsp3) is 0.400. The summed E-state index contributed by atoms with van der Waals surface area (Å²) < 4.78 is 22.3. The largest absolute Gasteiger partial charge is 0.482 e. The second kappa shape index (κ2) is 15.5. The summed E-state index contributed by atoms with van der Waals surface area (Å²) in [6.45, 7) is 6.10. The number of nitrogens with two attached hydrogens (primary N) is 1. The van der Waals surface area contributed by atoms with Crippen molar-refractivity contribution < 1.29 is 28.3 Å². The highest BCUT2D eigenvalue weighted by Crippen LogP contribution is 2.38. The topological polar surface area (TPSA) is 156 Å². The summed E-state index contributed by atoms with van der Waals surface area (Å²) in [5.41, 5.74) is 9.61. The van der Waals surface area contributed by atoms with Gasteiger partial charge in [-0.25, -0.2) is 9.37 Å². The van der Waals surface area contributed by atoms with E-state index in [0.29, 0.717) is 27.8 Å². The van der Waals surface area contributed by atoms with Gasteiger partial charge in [0.25, 0.3) is 11.8 Å². The van der Waals surface area contributed by atoms with Gasteiger partial charge in [0.15, 0.2) is 11.6 Å². The molecule has 2 saturated heterocycles. The Morgan fingerprint density at radius 1 is 0.929 bits per heavy atom. The van der Waals surface area contributed by atoms with Gasteiger partial charge in [0.2, 0.25) is 11.8 Å². The second-order valence-corrected chi connectivity index (χ2v) is 15.8. The lowest BCUT2D eigenvalue weighted by molar-refractivity contribution is -0.136. The maximum atomic E-state index is 14.2. The number of piperazine rings is 1. The number of benzene rings is 2. The number of fused-ring (bicyclic) bond motifs is 1. The predicted molar refractivity (Wildman–Crippen MR) is 208 cm³/mol. The third kappa shape index (κ3) is 7.33. The first kappa shape index (κ1) is 37.9. The fourth-order valence-electron chi connectivity index (χ4n) is 8.36. The summed E-state index contributed by atoms with van der Waals surface area (Å²) in [7, 11) is 0. The number of hydrogen-bond donors (Lipinski definition) is 2. The maximum Gasteiger partial charge on any atom is 0.262 e. The average molecular weight is 804 g/mol. The van der Waals surface area contributed by atoms with Crippen LogP contribution in [0.5, 0.6) is 5.75 Å². The zero-order valence-corrected chi connectivity index (χ0v) is 32.2. The number of ether oxygens (including phenoxy) is 1. The molecule has 1 aliphatic carbocycles. The summed E-state index contributed by atoms with van der Waals surface area (Å²) in [6, 6.07) is 9.06. The zero-order chi connectivity index (χ0) is 39.2. The van der Waals surface area contributed by atoms with Crippen LogP contribution in [0, 0.1) is 11.7 Å². The molecule has 5 heterocycles. The van der Waals surface area contributed by atoms with Crippen LogP contribution in [0.4, 0.5) is 15.9 Å². The molecule has 2 aromatic heterocycles. The van der Waals surface area contributed by atoms with Crippen molar-refractivity contribution in [1.82, 2.24) is 29.9 Å². The number of carbonyl (C=O) groups excluding carboxylic acids is 4. The smallest absolute Gasteiger partial charge is 0.262 e. The summed E-state index contributed by atoms with van der Waals surface area (Å²) in [4.78, 5) is 60.6. The Kier molecular flexibility index (Phi) is 10.5. The van der Waals surface area contributed by atoms with Gasteiger partial charge in [0.1, 0.15) is 18.0 Å². The minimum atomic E-state index is -0.979. The molecule has 292 valence electrons. The van der Waals surface area contributed by atoms with Crippen molar-refractivity contribution in [3.63, 3.8) is 0 Å². The van der Waals surface area contributed by atoms with E-state index in [4.69, 9.17) is 38.8 Å². The van der Waals surface area contributed by atoms with Crippen LogP contribution in [-0.4, -0.2) is 87.0 Å². The second-order valence-electron chi connectivity index (χ2n) is 15.0. The van der Waals surface area contributed by atoms with Crippen LogP contribution in [0.3, 0.4) is 0 Å². The van der Waals surface area contributed by atoms with E-state index in [0.717, 1.165) is 80.1 Å². The van der Waals surface area contributed by atoms with Crippen LogP contribution in [0.2, 0.25) is 10.0 Å². The summed E-state index contributed by atoms with van der Waals surface area (Å²) in [5.74, 6) is -1.48. The third-order valence-corrected chi connectivity index (χ3v) is 12.2. The molecule has 16 heteroatoms. The number of amides is 4. The molecule has 2 atom stereocenters. The quantitative estimate of drug-likeness (QED) is 0.151. The van der Waals surface area contributed by atoms with Gasteiger partial charge >= 0.3 is 0 Å². The lowest BCUT2D eigenvalue weighted by Gasteiger charge is -2.39. The van der Waals surface area contributed by atoms with Gasteiger partial charge in [-0.3, -0.25) is 39.0 Å². The number of piperidine rings is 1. The molecule has 1 saturated carbocycles. The molecule has 0 radical (unpaired) electrons. The molecular weight excluding hydrogens is 762 g/mol. The van der Waals surface area contributed by atoms with E-state index in [1.54, 1.807) is 31.3 Å². The standard InChI is InChI=1S/C40H41Cl2FN8O5/c1-22(35-30(41)8-9-31(43)36(35)42)56-33-16-24(18-45-37(33)44)25-19-46-50(21-25)26-4-2-23(3-5-26)20-48-12-14-49(15-13-48)27-6-7-28-29(17-27)40(55)51(39(28)54)32-10-11-34(52)47-38(32)53/h6-9,16-19,21-23,26,32H,2-5,10-15,20H2,1H3,(H2,44,45)(H,47,52,53)/t22-,23?,26?,32?/m1/s1. The van der Waals surface area contributed by atoms with Gasteiger partial charge in [-0.2, -0.15) is 5.10 Å². The molecule has 3 aliphatic heterocycles. The van der Waals surface area contributed by atoms with Crippen LogP contribution >= 0.6 is 23.2 Å². The van der Waals surface area contributed by atoms with E-state index in [-0.39, 0.29) is 35.3 Å². The molecule has 4 aromatic rings. The van der Waals surface area contributed by atoms with Crippen LogP contribution in [0.25, 0.3) is 11.1 Å². The highest BCUT2D eigenvalue weighted by molar-refractivity contribution is 6.36. The average Bonchev–Trinajstić information content (AvgIpc) is 3.77. The number of nitrogen functional groups attached to an aromatic ring is 1. The third-order valence-electron chi connectivity index (χ3n) is 11.5. The molecule has 1 unspecified atom stereocenters. The fourth-order valence-corrected chi connectivity index (χ4v) is 9.04. The number of imide groups is 2. The molecule has 4 amide bonds. The zero-order valence-electron chi connectivity index (χ0n) is 30.7. The number of halogens is 3. The number of carbonyl (C=O) groups is 4. The molecular formula is C40H41Cl2FN8O5. The number of nitrogens with zero attached hydrogens (tertiary/aromatic N) is 6. The molecule has 13 nitrogen and oxygen atoms in total. The SMILES string of the molecule is C[C@@H](Oc1cc(-c2cnn(C3CCC(CN4CCN(c5ccc6c(c5)C(=O)N(C5CCC(=O)NC5=O)C6=O)CC4)CC3)c2)cnc1N)c1c(Cl)ccc(F)c1Cl. The van der Waals surface area contributed by atoms with Gasteiger partial charge in [-0.15, -0.1) is 0 Å². The predicted octanol–water partition coefficient (Wildman–Crippen LogP) is 6.07. The molecule has 8 rings (SSSR count). The van der Waals surface area contributed by atoms with Crippen LogP contribution in [-0.2, 0) is 9.59 Å². The van der Waals surface area contributed by atoms with Crippen molar-refractivity contribution in [2.45, 2.75) is 63.6 Å². The van der Waals surface area contributed by atoms with Gasteiger partial charge in [0.05, 0.1) is 28.4 Å². The minimum absolute atomic E-state index is 0.0867. The number of rotatable bonds is 9. The number of anilines is 2. The van der Waals surface area contributed by atoms with Crippen molar-refractivity contribution >= 4 is 58.3 Å². The summed E-state index contributed by atoms with van der Waals surface area (Å²) in [5, 5.41) is 7.14. The van der Waals surface area contributed by atoms with E-state index in [1.165, 1.54) is 12.1 Å². The van der Waals surface area contributed by atoms with Crippen molar-refractivity contribution in [2.75, 3.05) is 43.4 Å². The van der Waals surface area contributed by atoms with E-state index in [1.807, 2.05) is 23.1 Å². The van der Waals surface area contributed by atoms with Crippen LogP contribution < -0.4 is 20.7 Å². The normalized spacial score (nSPS) is 22.3. The number of hydrogen-bond acceptors (Lipinski definition) is 10. The molecule has 3 N–H and O–H groups in total. The number of aromatic nitrogens is 3. The van der Waals surface area contributed by atoms with Crippen molar-refractivity contribution in [3.8, 4) is 16.9 Å². The van der Waals surface area contributed by atoms with Gasteiger partial charge in [0, 0.05) is 78.9 Å². The number of nitrogens with one attached hydrogen (secondary N) is 1. The monoisotopic (exact) mass is 802 g/mol.